The third-order valence-electron chi connectivity index (χ3n) is 6.24. The number of oxime groups is 1. The molecule has 0 heterocycles. The molecule has 0 spiro atoms. The zero-order valence-corrected chi connectivity index (χ0v) is 24.4. The summed E-state index contributed by atoms with van der Waals surface area (Å²) >= 11 is 0. The Morgan fingerprint density at radius 2 is 1.93 bits per heavy atom. The molecule has 40 heavy (non-hydrogen) atoms. The fraction of sp³-hybridized carbons (Fsp3) is 0.467. The Morgan fingerprint density at radius 1 is 1.20 bits per heavy atom. The lowest BCUT2D eigenvalue weighted by atomic mass is 10.0. The molecule has 0 saturated carbocycles. The molecule has 0 aliphatic heterocycles. The first-order valence-electron chi connectivity index (χ1n) is 13.3. The van der Waals surface area contributed by atoms with E-state index in [2.05, 4.69) is 11.2 Å². The number of nitrogens with two attached hydrogens (primary N) is 1. The summed E-state index contributed by atoms with van der Waals surface area (Å²) in [6, 6.07) is 12.7. The lowest BCUT2D eigenvalue weighted by Gasteiger charge is -2.32. The maximum absolute atomic E-state index is 13.2. The van der Waals surface area contributed by atoms with Gasteiger partial charge < -0.3 is 24.9 Å². The minimum absolute atomic E-state index is 0.0458. The standard InChI is InChI=1S/C30H39N5O5/c1-19(2)39-26-14-11-20(15-21(26)16-31)18-38-33-28(32)24-10-8-9-23-22(24)12-13-25(23)35(17-27(36)34(6)7)29(37)40-30(3,4)5/h8-11,14-15,19,25H,12-13,17-18H2,1-7H3,(H2,32,33). The molecule has 0 bridgehead atoms. The quantitative estimate of drug-likeness (QED) is 0.277. The van der Waals surface area contributed by atoms with Crippen molar-refractivity contribution in [2.45, 2.75) is 71.8 Å². The Hall–Kier alpha value is -4.26. The molecule has 2 aromatic rings. The van der Waals surface area contributed by atoms with Gasteiger partial charge in [-0.05, 0) is 76.3 Å². The van der Waals surface area contributed by atoms with Crippen LogP contribution >= 0.6 is 0 Å². The van der Waals surface area contributed by atoms with E-state index in [-0.39, 0.29) is 37.0 Å². The van der Waals surface area contributed by atoms with Crippen LogP contribution in [0.25, 0.3) is 0 Å². The maximum Gasteiger partial charge on any atom is 0.411 e. The second-order valence-electron chi connectivity index (χ2n) is 11.2. The molecule has 1 aliphatic carbocycles. The normalized spacial score (nSPS) is 14.8. The maximum atomic E-state index is 13.2. The first-order valence-corrected chi connectivity index (χ1v) is 13.3. The topological polar surface area (TPSA) is 130 Å². The first-order chi connectivity index (χ1) is 18.8. The average Bonchev–Trinajstić information content (AvgIpc) is 3.30. The van der Waals surface area contributed by atoms with Crippen molar-refractivity contribution in [1.29, 1.82) is 5.26 Å². The number of nitrogens with zero attached hydrogens (tertiary/aromatic N) is 4. The van der Waals surface area contributed by atoms with Crippen molar-refractivity contribution >= 4 is 17.8 Å². The Morgan fingerprint density at radius 3 is 2.55 bits per heavy atom. The SMILES string of the molecule is CC(C)Oc1ccc(CON=C(N)c2cccc3c2CCC3N(CC(=O)N(C)C)C(=O)OC(C)(C)C)cc1C#N. The van der Waals surface area contributed by atoms with Gasteiger partial charge in [0.2, 0.25) is 5.91 Å². The fourth-order valence-electron chi connectivity index (χ4n) is 4.44. The molecule has 1 aliphatic rings. The van der Waals surface area contributed by atoms with E-state index in [1.54, 1.807) is 47.0 Å². The Balaban J connectivity index is 1.81. The lowest BCUT2D eigenvalue weighted by molar-refractivity contribution is -0.130. The van der Waals surface area contributed by atoms with E-state index < -0.39 is 11.7 Å². The number of amidine groups is 1. The number of carbonyl (C=O) groups excluding carboxylic acids is 2. The van der Waals surface area contributed by atoms with Gasteiger partial charge in [0.05, 0.1) is 17.7 Å². The molecule has 214 valence electrons. The summed E-state index contributed by atoms with van der Waals surface area (Å²) in [6.07, 6.45) is 0.667. The fourth-order valence-corrected chi connectivity index (χ4v) is 4.44. The first kappa shape index (κ1) is 30.3. The second kappa shape index (κ2) is 12.7. The van der Waals surface area contributed by atoms with Gasteiger partial charge in [0, 0.05) is 19.7 Å². The van der Waals surface area contributed by atoms with E-state index in [9.17, 15) is 14.9 Å². The molecular weight excluding hydrogens is 510 g/mol. The molecular formula is C30H39N5O5. The number of hydrogen-bond acceptors (Lipinski definition) is 7. The van der Waals surface area contributed by atoms with Crippen molar-refractivity contribution in [2.75, 3.05) is 20.6 Å². The van der Waals surface area contributed by atoms with Crippen LogP contribution < -0.4 is 10.5 Å². The van der Waals surface area contributed by atoms with Gasteiger partial charge in [0.25, 0.3) is 0 Å². The summed E-state index contributed by atoms with van der Waals surface area (Å²) in [5, 5.41) is 13.6. The number of ether oxygens (including phenoxy) is 2. The Labute approximate surface area is 236 Å². The number of fused-ring (bicyclic) bond motifs is 1. The number of nitriles is 1. The number of carbonyl (C=O) groups is 2. The highest BCUT2D eigenvalue weighted by Crippen LogP contribution is 2.38. The van der Waals surface area contributed by atoms with Crippen molar-refractivity contribution in [3.8, 4) is 11.8 Å². The average molecular weight is 550 g/mol. The van der Waals surface area contributed by atoms with Crippen molar-refractivity contribution < 1.29 is 23.9 Å². The van der Waals surface area contributed by atoms with Crippen LogP contribution in [0.1, 0.15) is 74.9 Å². The van der Waals surface area contributed by atoms with Crippen LogP contribution in [0.2, 0.25) is 0 Å². The largest absolute Gasteiger partial charge is 0.490 e. The van der Waals surface area contributed by atoms with E-state index in [0.29, 0.717) is 29.7 Å². The molecule has 0 aromatic heterocycles. The van der Waals surface area contributed by atoms with E-state index in [0.717, 1.165) is 16.7 Å². The number of hydrogen-bond donors (Lipinski definition) is 1. The van der Waals surface area contributed by atoms with Crippen LogP contribution in [0.5, 0.6) is 5.75 Å². The summed E-state index contributed by atoms with van der Waals surface area (Å²) in [5.74, 6) is 0.519. The molecule has 0 saturated heterocycles. The molecule has 2 aromatic carbocycles. The van der Waals surface area contributed by atoms with Crippen molar-refractivity contribution in [3.63, 3.8) is 0 Å². The molecule has 2 N–H and O–H groups in total. The summed E-state index contributed by atoms with van der Waals surface area (Å²) in [4.78, 5) is 34.3. The summed E-state index contributed by atoms with van der Waals surface area (Å²) in [6.45, 7) is 9.20. The van der Waals surface area contributed by atoms with Crippen LogP contribution in [-0.4, -0.2) is 60.0 Å². The van der Waals surface area contributed by atoms with Gasteiger partial charge in [-0.15, -0.1) is 0 Å². The van der Waals surface area contributed by atoms with Gasteiger partial charge >= 0.3 is 6.09 Å². The number of rotatable bonds is 9. The zero-order valence-electron chi connectivity index (χ0n) is 24.4. The number of likely N-dealkylation sites (N-methyl/N-ethyl adjacent to an activating group) is 1. The van der Waals surface area contributed by atoms with Crippen LogP contribution in [0.15, 0.2) is 41.6 Å². The zero-order chi connectivity index (χ0) is 29.6. The summed E-state index contributed by atoms with van der Waals surface area (Å²) in [7, 11) is 3.31. The third kappa shape index (κ3) is 7.65. The second-order valence-corrected chi connectivity index (χ2v) is 11.2. The van der Waals surface area contributed by atoms with Gasteiger partial charge in [-0.3, -0.25) is 9.69 Å². The van der Waals surface area contributed by atoms with Crippen LogP contribution in [0, 0.1) is 11.3 Å². The predicted molar refractivity (Wildman–Crippen MR) is 152 cm³/mol. The van der Waals surface area contributed by atoms with E-state index >= 15 is 0 Å². The molecule has 10 heteroatoms. The van der Waals surface area contributed by atoms with Crippen LogP contribution in [0.4, 0.5) is 4.79 Å². The minimum atomic E-state index is -0.704. The molecule has 1 unspecified atom stereocenters. The highest BCUT2D eigenvalue weighted by atomic mass is 16.6. The molecule has 2 amide bonds. The lowest BCUT2D eigenvalue weighted by Crippen LogP contribution is -2.44. The van der Waals surface area contributed by atoms with Gasteiger partial charge in [0.1, 0.15) is 30.6 Å². The van der Waals surface area contributed by atoms with Crippen LogP contribution in [-0.2, 0) is 27.4 Å². The van der Waals surface area contributed by atoms with Crippen molar-refractivity contribution in [1.82, 2.24) is 9.80 Å². The molecule has 10 nitrogen and oxygen atoms in total. The van der Waals surface area contributed by atoms with Gasteiger partial charge in [-0.2, -0.15) is 5.26 Å². The molecule has 0 fully saturated rings. The van der Waals surface area contributed by atoms with Crippen LogP contribution in [0.3, 0.4) is 0 Å². The monoisotopic (exact) mass is 549 g/mol. The number of benzene rings is 2. The van der Waals surface area contributed by atoms with Gasteiger partial charge in [0.15, 0.2) is 5.84 Å². The van der Waals surface area contributed by atoms with E-state index in [1.165, 1.54) is 9.80 Å². The smallest absolute Gasteiger partial charge is 0.411 e. The highest BCUT2D eigenvalue weighted by molar-refractivity contribution is 5.99. The van der Waals surface area contributed by atoms with E-state index in [4.69, 9.17) is 20.0 Å². The highest BCUT2D eigenvalue weighted by Gasteiger charge is 2.36. The molecule has 1 atom stereocenters. The summed E-state index contributed by atoms with van der Waals surface area (Å²) in [5.41, 5.74) is 9.36. The van der Waals surface area contributed by atoms with Crippen molar-refractivity contribution in [2.24, 2.45) is 10.9 Å². The predicted octanol–water partition coefficient (Wildman–Crippen LogP) is 4.50. The van der Waals surface area contributed by atoms with E-state index in [1.807, 2.05) is 38.1 Å². The van der Waals surface area contributed by atoms with Gasteiger partial charge in [-0.1, -0.05) is 29.4 Å². The Kier molecular flexibility index (Phi) is 9.64. The molecule has 0 radical (unpaired) electrons. The third-order valence-corrected chi connectivity index (χ3v) is 6.24. The minimum Gasteiger partial charge on any atom is -0.490 e. The number of amides is 2. The Bertz CT molecular complexity index is 1310. The van der Waals surface area contributed by atoms with Crippen molar-refractivity contribution in [3.05, 3.63) is 64.2 Å². The summed E-state index contributed by atoms with van der Waals surface area (Å²) < 4.78 is 11.3. The van der Waals surface area contributed by atoms with Gasteiger partial charge in [-0.25, -0.2) is 4.79 Å². The molecule has 3 rings (SSSR count).